The molecule has 0 aliphatic carbocycles. The maximum absolute atomic E-state index is 12.7. The topological polar surface area (TPSA) is 59.2 Å². The van der Waals surface area contributed by atoms with Crippen molar-refractivity contribution in [2.75, 3.05) is 6.54 Å². The first-order chi connectivity index (χ1) is 10.6. The Balaban J connectivity index is 1.77. The van der Waals surface area contributed by atoms with Crippen molar-refractivity contribution in [2.45, 2.75) is 39.2 Å². The Morgan fingerprint density at radius 1 is 1.50 bits per heavy atom. The molecule has 1 amide bonds. The highest BCUT2D eigenvalue weighted by atomic mass is 16.5. The molecule has 1 aliphatic rings. The first-order valence-electron chi connectivity index (χ1n) is 7.81. The predicted octanol–water partition coefficient (Wildman–Crippen LogP) is 3.25. The van der Waals surface area contributed by atoms with E-state index in [1.54, 1.807) is 12.3 Å². The average Bonchev–Trinajstić information content (AvgIpc) is 3.16. The van der Waals surface area contributed by atoms with Crippen molar-refractivity contribution in [2.24, 2.45) is 5.92 Å². The van der Waals surface area contributed by atoms with Crippen LogP contribution < -0.4 is 0 Å². The Hall–Kier alpha value is -2.17. The monoisotopic (exact) mass is 299 g/mol. The number of hydrogen-bond donors (Lipinski definition) is 0. The van der Waals surface area contributed by atoms with Crippen LogP contribution in [0.3, 0.4) is 0 Å². The minimum Gasteiger partial charge on any atom is -0.351 e. The molecule has 0 N–H and O–H groups in total. The number of pyridine rings is 1. The van der Waals surface area contributed by atoms with Crippen LogP contribution in [0.1, 0.15) is 54.5 Å². The van der Waals surface area contributed by atoms with E-state index in [0.717, 1.165) is 37.1 Å². The molecule has 5 heteroatoms. The number of carbonyl (C=O) groups is 1. The summed E-state index contributed by atoms with van der Waals surface area (Å²) in [6.45, 7) is 4.99. The van der Waals surface area contributed by atoms with Crippen molar-refractivity contribution in [1.29, 1.82) is 0 Å². The van der Waals surface area contributed by atoms with Gasteiger partial charge >= 0.3 is 0 Å². The summed E-state index contributed by atoms with van der Waals surface area (Å²) in [5, 5.41) is 4.01. The minimum atomic E-state index is -0.0751. The van der Waals surface area contributed by atoms with Gasteiger partial charge in [-0.15, -0.1) is 0 Å². The van der Waals surface area contributed by atoms with Crippen LogP contribution in [0, 0.1) is 5.92 Å². The van der Waals surface area contributed by atoms with Crippen molar-refractivity contribution in [3.05, 3.63) is 47.6 Å². The van der Waals surface area contributed by atoms with Gasteiger partial charge in [0.05, 0.1) is 11.7 Å². The second-order valence-corrected chi connectivity index (χ2v) is 6.22. The normalized spacial score (nSPS) is 18.1. The lowest BCUT2D eigenvalue weighted by atomic mass is 10.1. The summed E-state index contributed by atoms with van der Waals surface area (Å²) in [5.74, 6) is 0.753. The molecule has 1 fully saturated rings. The zero-order valence-corrected chi connectivity index (χ0v) is 13.0. The van der Waals surface area contributed by atoms with Crippen LogP contribution in [0.25, 0.3) is 0 Å². The molecule has 1 atom stereocenters. The largest absolute Gasteiger partial charge is 0.351 e. The summed E-state index contributed by atoms with van der Waals surface area (Å²) in [4.78, 5) is 18.7. The highest BCUT2D eigenvalue weighted by molar-refractivity contribution is 5.92. The SMILES string of the molecule is CC(C)Cc1cc(C(=O)N2CCCC2c2cccnc2)on1. The molecule has 1 unspecified atom stereocenters. The van der Waals surface area contributed by atoms with E-state index in [0.29, 0.717) is 11.7 Å². The van der Waals surface area contributed by atoms with Gasteiger partial charge in [-0.2, -0.15) is 0 Å². The highest BCUT2D eigenvalue weighted by Crippen LogP contribution is 2.32. The van der Waals surface area contributed by atoms with E-state index < -0.39 is 0 Å². The lowest BCUT2D eigenvalue weighted by molar-refractivity contribution is 0.0693. The summed E-state index contributed by atoms with van der Waals surface area (Å²) >= 11 is 0. The van der Waals surface area contributed by atoms with Crippen molar-refractivity contribution < 1.29 is 9.32 Å². The molecule has 1 aliphatic heterocycles. The summed E-state index contributed by atoms with van der Waals surface area (Å²) in [6.07, 6.45) is 6.37. The van der Waals surface area contributed by atoms with Gasteiger partial charge in [-0.1, -0.05) is 25.1 Å². The van der Waals surface area contributed by atoms with Crippen molar-refractivity contribution in [3.63, 3.8) is 0 Å². The molecule has 0 saturated carbocycles. The number of carbonyl (C=O) groups excluding carboxylic acids is 1. The van der Waals surface area contributed by atoms with Crippen LogP contribution in [0.15, 0.2) is 35.1 Å². The van der Waals surface area contributed by atoms with Gasteiger partial charge in [0.25, 0.3) is 5.91 Å². The van der Waals surface area contributed by atoms with Gasteiger partial charge in [0, 0.05) is 25.0 Å². The molecule has 0 aromatic carbocycles. The Bertz CT molecular complexity index is 636. The quantitative estimate of drug-likeness (QED) is 0.869. The average molecular weight is 299 g/mol. The molecule has 0 radical (unpaired) electrons. The van der Waals surface area contributed by atoms with Gasteiger partial charge in [-0.05, 0) is 36.8 Å². The number of rotatable bonds is 4. The van der Waals surface area contributed by atoms with E-state index >= 15 is 0 Å². The van der Waals surface area contributed by atoms with Crippen LogP contribution in [-0.4, -0.2) is 27.5 Å². The molecule has 2 aromatic heterocycles. The molecule has 3 heterocycles. The van der Waals surface area contributed by atoms with Crippen molar-refractivity contribution in [3.8, 4) is 0 Å². The fourth-order valence-corrected chi connectivity index (χ4v) is 3.00. The standard InChI is InChI=1S/C17H21N3O2/c1-12(2)9-14-10-16(22-19-14)17(21)20-8-4-6-15(20)13-5-3-7-18-11-13/h3,5,7,10-12,15H,4,6,8-9H2,1-2H3. The van der Waals surface area contributed by atoms with E-state index in [-0.39, 0.29) is 11.9 Å². The predicted molar refractivity (Wildman–Crippen MR) is 82.3 cm³/mol. The zero-order chi connectivity index (χ0) is 15.5. The maximum Gasteiger partial charge on any atom is 0.292 e. The number of hydrogen-bond acceptors (Lipinski definition) is 4. The Morgan fingerprint density at radius 3 is 3.09 bits per heavy atom. The third-order valence-corrected chi connectivity index (χ3v) is 3.97. The maximum atomic E-state index is 12.7. The smallest absolute Gasteiger partial charge is 0.292 e. The van der Waals surface area contributed by atoms with E-state index in [4.69, 9.17) is 4.52 Å². The first kappa shape index (κ1) is 14.8. The van der Waals surface area contributed by atoms with Crippen LogP contribution in [0.2, 0.25) is 0 Å². The molecule has 5 nitrogen and oxygen atoms in total. The summed E-state index contributed by atoms with van der Waals surface area (Å²) in [7, 11) is 0. The lowest BCUT2D eigenvalue weighted by Crippen LogP contribution is -2.30. The van der Waals surface area contributed by atoms with Crippen molar-refractivity contribution >= 4 is 5.91 Å². The van der Waals surface area contributed by atoms with Crippen LogP contribution in [0.4, 0.5) is 0 Å². The summed E-state index contributed by atoms with van der Waals surface area (Å²) < 4.78 is 5.27. The Morgan fingerprint density at radius 2 is 2.36 bits per heavy atom. The van der Waals surface area contributed by atoms with E-state index in [1.165, 1.54) is 0 Å². The van der Waals surface area contributed by atoms with E-state index in [2.05, 4.69) is 24.0 Å². The third-order valence-electron chi connectivity index (χ3n) is 3.97. The minimum absolute atomic E-state index is 0.0751. The van der Waals surface area contributed by atoms with E-state index in [9.17, 15) is 4.79 Å². The molecule has 22 heavy (non-hydrogen) atoms. The third kappa shape index (κ3) is 3.03. The first-order valence-corrected chi connectivity index (χ1v) is 7.81. The van der Waals surface area contributed by atoms with Crippen LogP contribution in [0.5, 0.6) is 0 Å². The van der Waals surface area contributed by atoms with Gasteiger partial charge in [-0.25, -0.2) is 0 Å². The van der Waals surface area contributed by atoms with Crippen molar-refractivity contribution in [1.82, 2.24) is 15.0 Å². The zero-order valence-electron chi connectivity index (χ0n) is 13.0. The fourth-order valence-electron chi connectivity index (χ4n) is 3.00. The number of likely N-dealkylation sites (tertiary alicyclic amines) is 1. The molecular formula is C17H21N3O2. The lowest BCUT2D eigenvalue weighted by Gasteiger charge is -2.23. The van der Waals surface area contributed by atoms with Crippen LogP contribution >= 0.6 is 0 Å². The molecule has 2 aromatic rings. The summed E-state index contributed by atoms with van der Waals surface area (Å²) in [6, 6.07) is 5.79. The number of aromatic nitrogens is 2. The molecule has 3 rings (SSSR count). The van der Waals surface area contributed by atoms with Gasteiger partial charge in [0.15, 0.2) is 0 Å². The van der Waals surface area contributed by atoms with Gasteiger partial charge in [-0.3, -0.25) is 9.78 Å². The van der Waals surface area contributed by atoms with Crippen LogP contribution in [-0.2, 0) is 6.42 Å². The fraction of sp³-hybridized carbons (Fsp3) is 0.471. The molecule has 116 valence electrons. The molecule has 0 bridgehead atoms. The Labute approximate surface area is 130 Å². The van der Waals surface area contributed by atoms with Gasteiger partial charge in [0.1, 0.15) is 0 Å². The second-order valence-electron chi connectivity index (χ2n) is 6.22. The number of nitrogens with zero attached hydrogens (tertiary/aromatic N) is 3. The highest BCUT2D eigenvalue weighted by Gasteiger charge is 2.32. The molecule has 0 spiro atoms. The van der Waals surface area contributed by atoms with Gasteiger partial charge < -0.3 is 9.42 Å². The molecule has 1 saturated heterocycles. The summed E-state index contributed by atoms with van der Waals surface area (Å²) in [5.41, 5.74) is 1.92. The number of amides is 1. The Kier molecular flexibility index (Phi) is 4.22. The second kappa shape index (κ2) is 6.30. The van der Waals surface area contributed by atoms with E-state index in [1.807, 2.05) is 23.2 Å². The molecular weight excluding hydrogens is 278 g/mol. The van der Waals surface area contributed by atoms with Gasteiger partial charge in [0.2, 0.25) is 5.76 Å².